The highest BCUT2D eigenvalue weighted by atomic mass is 32.1. The Balaban J connectivity index is 1.34. The molecule has 0 aliphatic carbocycles. The molecule has 0 fully saturated rings. The topological polar surface area (TPSA) is 57.7 Å². The van der Waals surface area contributed by atoms with Gasteiger partial charge < -0.3 is 19.9 Å². The zero-order valence-electron chi connectivity index (χ0n) is 16.1. The highest BCUT2D eigenvalue weighted by Crippen LogP contribution is 2.32. The van der Waals surface area contributed by atoms with Gasteiger partial charge in [0, 0.05) is 13.6 Å². The average Bonchev–Trinajstić information content (AvgIpc) is 3.14. The number of hydrogen-bond donors (Lipinski definition) is 1. The second kappa shape index (κ2) is 8.06. The number of rotatable bonds is 5. The molecule has 6 nitrogen and oxygen atoms in total. The van der Waals surface area contributed by atoms with Crippen LogP contribution < -0.4 is 15.0 Å². The van der Waals surface area contributed by atoms with Crippen molar-refractivity contribution in [3.63, 3.8) is 0 Å². The van der Waals surface area contributed by atoms with Crippen molar-refractivity contribution in [2.24, 2.45) is 0 Å². The van der Waals surface area contributed by atoms with Gasteiger partial charge in [0.15, 0.2) is 0 Å². The number of carbonyl (C=O) groups is 1. The lowest BCUT2D eigenvalue weighted by atomic mass is 10.2. The van der Waals surface area contributed by atoms with Gasteiger partial charge in [-0.3, -0.25) is 0 Å². The number of fused-ring (bicyclic) bond motifs is 2. The lowest BCUT2D eigenvalue weighted by molar-refractivity contribution is 0.145. The maximum absolute atomic E-state index is 12.5. The predicted molar refractivity (Wildman–Crippen MR) is 113 cm³/mol. The van der Waals surface area contributed by atoms with Crippen LogP contribution in [0.5, 0.6) is 5.75 Å². The van der Waals surface area contributed by atoms with Gasteiger partial charge in [0.05, 0.1) is 35.5 Å². The lowest BCUT2D eigenvalue weighted by Crippen LogP contribution is -2.48. The van der Waals surface area contributed by atoms with Crippen molar-refractivity contribution in [3.8, 4) is 5.75 Å². The number of ether oxygens (including phenoxy) is 1. The smallest absolute Gasteiger partial charge is 0.317 e. The molecule has 0 unspecified atom stereocenters. The molecule has 1 aromatic heterocycles. The molecule has 0 bridgehead atoms. The number of nitrogens with one attached hydrogen (secondary N) is 1. The molecule has 1 N–H and O–H groups in total. The van der Waals surface area contributed by atoms with Crippen LogP contribution in [0, 0.1) is 0 Å². The lowest BCUT2D eigenvalue weighted by Gasteiger charge is -2.37. The number of hydrogen-bond acceptors (Lipinski definition) is 5. The van der Waals surface area contributed by atoms with Crippen molar-refractivity contribution in [1.29, 1.82) is 0 Å². The molecular formula is C21H24N4O2S. The SMILES string of the molecule is CCN1C[C@@H](CN(C)C(=O)NCc2nc3ccccc3s2)Oc2ccccc21. The molecule has 2 heterocycles. The number of anilines is 1. The van der Waals surface area contributed by atoms with E-state index in [9.17, 15) is 4.79 Å². The summed E-state index contributed by atoms with van der Waals surface area (Å²) in [7, 11) is 1.80. The first-order valence-corrected chi connectivity index (χ1v) is 10.3. The molecular weight excluding hydrogens is 372 g/mol. The maximum atomic E-state index is 12.5. The van der Waals surface area contributed by atoms with Crippen LogP contribution in [-0.4, -0.2) is 48.7 Å². The molecule has 0 saturated carbocycles. The third-order valence-electron chi connectivity index (χ3n) is 4.86. The fraction of sp³-hybridized carbons (Fsp3) is 0.333. The van der Waals surface area contributed by atoms with Crippen LogP contribution in [0.15, 0.2) is 48.5 Å². The Kier molecular flexibility index (Phi) is 5.34. The van der Waals surface area contributed by atoms with Gasteiger partial charge in [-0.25, -0.2) is 9.78 Å². The maximum Gasteiger partial charge on any atom is 0.317 e. The first kappa shape index (κ1) is 18.6. The molecule has 3 aromatic rings. The van der Waals surface area contributed by atoms with Gasteiger partial charge in [0.1, 0.15) is 16.9 Å². The number of benzene rings is 2. The third kappa shape index (κ3) is 3.89. The molecule has 0 radical (unpaired) electrons. The minimum Gasteiger partial charge on any atom is -0.485 e. The fourth-order valence-electron chi connectivity index (χ4n) is 3.44. The van der Waals surface area contributed by atoms with E-state index >= 15 is 0 Å². The number of thiazole rings is 1. The Bertz CT molecular complexity index is 941. The molecule has 2 aromatic carbocycles. The van der Waals surface area contributed by atoms with E-state index in [1.165, 1.54) is 0 Å². The van der Waals surface area contributed by atoms with E-state index in [1.54, 1.807) is 23.3 Å². The molecule has 0 spiro atoms. The van der Waals surface area contributed by atoms with Gasteiger partial charge >= 0.3 is 6.03 Å². The summed E-state index contributed by atoms with van der Waals surface area (Å²) in [5.41, 5.74) is 2.09. The number of nitrogens with zero attached hydrogens (tertiary/aromatic N) is 3. The van der Waals surface area contributed by atoms with E-state index in [0.717, 1.165) is 39.8 Å². The van der Waals surface area contributed by atoms with E-state index in [0.29, 0.717) is 13.1 Å². The summed E-state index contributed by atoms with van der Waals surface area (Å²) in [6, 6.07) is 15.9. The average molecular weight is 397 g/mol. The second-order valence-electron chi connectivity index (χ2n) is 6.86. The summed E-state index contributed by atoms with van der Waals surface area (Å²) >= 11 is 1.61. The number of carbonyl (C=O) groups excluding carboxylic acids is 1. The van der Waals surface area contributed by atoms with E-state index < -0.39 is 0 Å². The van der Waals surface area contributed by atoms with E-state index in [2.05, 4.69) is 28.2 Å². The Labute approximate surface area is 168 Å². The van der Waals surface area contributed by atoms with E-state index in [-0.39, 0.29) is 12.1 Å². The van der Waals surface area contributed by atoms with Crippen LogP contribution in [0.4, 0.5) is 10.5 Å². The Hall–Kier alpha value is -2.80. The number of urea groups is 1. The van der Waals surface area contributed by atoms with Crippen LogP contribution in [0.3, 0.4) is 0 Å². The van der Waals surface area contributed by atoms with Gasteiger partial charge in [0.2, 0.25) is 0 Å². The standard InChI is InChI=1S/C21H24N4O2S/c1-3-25-14-15(27-18-10-6-5-9-17(18)25)13-24(2)21(26)22-12-20-23-16-8-4-7-11-19(16)28-20/h4-11,15H,3,12-14H2,1-2H3,(H,22,26)/t15-/m1/s1. The normalized spacial score (nSPS) is 15.8. The van der Waals surface area contributed by atoms with Crippen LogP contribution >= 0.6 is 11.3 Å². The van der Waals surface area contributed by atoms with Gasteiger partial charge in [0.25, 0.3) is 0 Å². The van der Waals surface area contributed by atoms with Crippen LogP contribution in [0.1, 0.15) is 11.9 Å². The number of amides is 2. The summed E-state index contributed by atoms with van der Waals surface area (Å²) in [6.45, 7) is 4.76. The van der Waals surface area contributed by atoms with Crippen molar-refractivity contribution in [3.05, 3.63) is 53.5 Å². The molecule has 1 aliphatic heterocycles. The zero-order valence-corrected chi connectivity index (χ0v) is 16.9. The summed E-state index contributed by atoms with van der Waals surface area (Å²) in [5.74, 6) is 0.879. The monoisotopic (exact) mass is 396 g/mol. The van der Waals surface area contributed by atoms with E-state index in [4.69, 9.17) is 4.74 Å². The molecule has 0 saturated heterocycles. The van der Waals surface area contributed by atoms with Crippen LogP contribution in [0.25, 0.3) is 10.2 Å². The molecule has 4 rings (SSSR count). The van der Waals surface area contributed by atoms with Crippen molar-refractivity contribution in [2.75, 3.05) is 31.6 Å². The van der Waals surface area contributed by atoms with Crippen LogP contribution in [-0.2, 0) is 6.54 Å². The Morgan fingerprint density at radius 1 is 1.29 bits per heavy atom. The van der Waals surface area contributed by atoms with Crippen molar-refractivity contribution >= 4 is 33.3 Å². The first-order valence-electron chi connectivity index (χ1n) is 9.48. The summed E-state index contributed by atoms with van der Waals surface area (Å²) < 4.78 is 7.25. The minimum atomic E-state index is -0.121. The van der Waals surface area contributed by atoms with Crippen molar-refractivity contribution in [2.45, 2.75) is 19.6 Å². The van der Waals surface area contributed by atoms with Crippen LogP contribution in [0.2, 0.25) is 0 Å². The minimum absolute atomic E-state index is 0.0620. The quantitative estimate of drug-likeness (QED) is 0.714. The summed E-state index contributed by atoms with van der Waals surface area (Å²) in [4.78, 5) is 21.1. The van der Waals surface area contributed by atoms with Crippen molar-refractivity contribution in [1.82, 2.24) is 15.2 Å². The Morgan fingerprint density at radius 3 is 2.89 bits per heavy atom. The van der Waals surface area contributed by atoms with Gasteiger partial charge in [-0.1, -0.05) is 24.3 Å². The Morgan fingerprint density at radius 2 is 2.07 bits per heavy atom. The number of para-hydroxylation sites is 3. The highest BCUT2D eigenvalue weighted by molar-refractivity contribution is 7.18. The van der Waals surface area contributed by atoms with E-state index in [1.807, 2.05) is 42.5 Å². The van der Waals surface area contributed by atoms with Gasteiger partial charge in [-0.05, 0) is 31.2 Å². The molecule has 146 valence electrons. The largest absolute Gasteiger partial charge is 0.485 e. The highest BCUT2D eigenvalue weighted by Gasteiger charge is 2.26. The molecule has 1 aliphatic rings. The first-order chi connectivity index (χ1) is 13.6. The number of aromatic nitrogens is 1. The van der Waals surface area contributed by atoms with Gasteiger partial charge in [-0.2, -0.15) is 0 Å². The predicted octanol–water partition coefficient (Wildman–Crippen LogP) is 3.73. The molecule has 7 heteroatoms. The van der Waals surface area contributed by atoms with Crippen molar-refractivity contribution < 1.29 is 9.53 Å². The summed E-state index contributed by atoms with van der Waals surface area (Å²) in [6.07, 6.45) is -0.0620. The molecule has 1 atom stereocenters. The third-order valence-corrected chi connectivity index (χ3v) is 5.89. The number of likely N-dealkylation sites (N-methyl/N-ethyl adjacent to an activating group) is 2. The second-order valence-corrected chi connectivity index (χ2v) is 7.98. The molecule has 28 heavy (non-hydrogen) atoms. The fourth-order valence-corrected chi connectivity index (χ4v) is 4.35. The van der Waals surface area contributed by atoms with Gasteiger partial charge in [-0.15, -0.1) is 11.3 Å². The molecule has 2 amide bonds. The summed E-state index contributed by atoms with van der Waals surface area (Å²) in [5, 5.41) is 3.86. The zero-order chi connectivity index (χ0) is 19.5.